The third kappa shape index (κ3) is 4.54. The molecule has 1 N–H and O–H groups in total. The summed E-state index contributed by atoms with van der Waals surface area (Å²) in [6, 6.07) is 6.64. The van der Waals surface area contributed by atoms with Crippen LogP contribution in [0.15, 0.2) is 28.7 Å². The highest BCUT2D eigenvalue weighted by Gasteiger charge is 2.12. The monoisotopic (exact) mass is 435 g/mol. The molecule has 0 aliphatic heterocycles. The predicted octanol–water partition coefficient (Wildman–Crippen LogP) is 6.04. The molecule has 7 heteroatoms. The number of hydrogen-bond donors (Lipinski definition) is 1. The van der Waals surface area contributed by atoms with Gasteiger partial charge in [-0.25, -0.2) is 0 Å². The molecule has 0 spiro atoms. The Kier molecular flexibility index (Phi) is 6.20. The van der Waals surface area contributed by atoms with Gasteiger partial charge in [-0.15, -0.1) is 0 Å². The number of benzene rings is 2. The molecule has 0 unspecified atom stereocenters. The standard InChI is InChI=1S/C16H13BrCl3NO2/c1-8-5-13(15(17)9(2)16(8)20)23-7-14(22)21-10-3-4-11(18)12(19)6-10/h3-6H,7H2,1-2H3,(H,21,22). The van der Waals surface area contributed by atoms with Gasteiger partial charge in [-0.3, -0.25) is 4.79 Å². The highest BCUT2D eigenvalue weighted by atomic mass is 79.9. The van der Waals surface area contributed by atoms with E-state index in [-0.39, 0.29) is 12.5 Å². The normalized spacial score (nSPS) is 10.5. The van der Waals surface area contributed by atoms with Crippen molar-refractivity contribution in [3.63, 3.8) is 0 Å². The molecule has 2 rings (SSSR count). The molecule has 2 aromatic rings. The summed E-state index contributed by atoms with van der Waals surface area (Å²) in [6.45, 7) is 3.62. The van der Waals surface area contributed by atoms with Crippen LogP contribution in [0.5, 0.6) is 5.75 Å². The minimum Gasteiger partial charge on any atom is -0.483 e. The first-order valence-electron chi connectivity index (χ1n) is 6.62. The first-order valence-corrected chi connectivity index (χ1v) is 8.55. The number of hydrogen-bond acceptors (Lipinski definition) is 2. The Morgan fingerprint density at radius 1 is 1.17 bits per heavy atom. The largest absolute Gasteiger partial charge is 0.483 e. The average molecular weight is 438 g/mol. The zero-order valence-corrected chi connectivity index (χ0v) is 16.2. The molecule has 0 heterocycles. The zero-order chi connectivity index (χ0) is 17.1. The van der Waals surface area contributed by atoms with E-state index >= 15 is 0 Å². The second-order valence-corrected chi connectivity index (χ2v) is 6.90. The van der Waals surface area contributed by atoms with Crippen molar-refractivity contribution in [2.45, 2.75) is 13.8 Å². The molecule has 1 amide bonds. The van der Waals surface area contributed by atoms with E-state index < -0.39 is 0 Å². The maximum atomic E-state index is 12.0. The first kappa shape index (κ1) is 18.4. The number of nitrogens with one attached hydrogen (secondary N) is 1. The Morgan fingerprint density at radius 3 is 2.52 bits per heavy atom. The molecule has 0 aromatic heterocycles. The number of amides is 1. The van der Waals surface area contributed by atoms with Crippen molar-refractivity contribution in [3.8, 4) is 5.75 Å². The fraction of sp³-hybridized carbons (Fsp3) is 0.188. The molecule has 122 valence electrons. The first-order chi connectivity index (χ1) is 10.8. The van der Waals surface area contributed by atoms with Crippen LogP contribution in [0.3, 0.4) is 0 Å². The maximum absolute atomic E-state index is 12.0. The van der Waals surface area contributed by atoms with E-state index in [2.05, 4.69) is 21.2 Å². The fourth-order valence-electron chi connectivity index (χ4n) is 1.92. The van der Waals surface area contributed by atoms with Gasteiger partial charge in [-0.05, 0) is 65.2 Å². The number of carbonyl (C=O) groups is 1. The molecule has 0 bridgehead atoms. The van der Waals surface area contributed by atoms with Crippen molar-refractivity contribution in [1.82, 2.24) is 0 Å². The molecule has 0 saturated heterocycles. The highest BCUT2D eigenvalue weighted by Crippen LogP contribution is 2.35. The molecule has 2 aromatic carbocycles. The topological polar surface area (TPSA) is 38.3 Å². The van der Waals surface area contributed by atoms with Gasteiger partial charge in [0.15, 0.2) is 6.61 Å². The highest BCUT2D eigenvalue weighted by molar-refractivity contribution is 9.10. The van der Waals surface area contributed by atoms with E-state index in [1.165, 1.54) is 0 Å². The lowest BCUT2D eigenvalue weighted by atomic mass is 10.1. The molecule has 0 fully saturated rings. The van der Waals surface area contributed by atoms with E-state index in [1.807, 2.05) is 13.8 Å². The molecular weight excluding hydrogens is 424 g/mol. The van der Waals surface area contributed by atoms with Crippen LogP contribution in [0.25, 0.3) is 0 Å². The lowest BCUT2D eigenvalue weighted by Gasteiger charge is -2.13. The van der Waals surface area contributed by atoms with Gasteiger partial charge in [0.05, 0.1) is 14.5 Å². The summed E-state index contributed by atoms with van der Waals surface area (Å²) in [5, 5.41) is 4.16. The predicted molar refractivity (Wildman–Crippen MR) is 99.2 cm³/mol. The van der Waals surface area contributed by atoms with E-state index in [0.717, 1.165) is 15.6 Å². The quantitative estimate of drug-likeness (QED) is 0.633. The Bertz CT molecular complexity index is 765. The van der Waals surface area contributed by atoms with Crippen LogP contribution in [0.4, 0.5) is 5.69 Å². The third-order valence-electron chi connectivity index (χ3n) is 3.13. The summed E-state index contributed by atoms with van der Waals surface area (Å²) in [5.41, 5.74) is 2.30. The van der Waals surface area contributed by atoms with Gasteiger partial charge >= 0.3 is 0 Å². The molecule has 3 nitrogen and oxygen atoms in total. The molecule has 0 saturated carbocycles. The van der Waals surface area contributed by atoms with Gasteiger partial charge in [0.2, 0.25) is 0 Å². The van der Waals surface area contributed by atoms with Crippen molar-refractivity contribution in [2.75, 3.05) is 11.9 Å². The fourth-order valence-corrected chi connectivity index (χ4v) is 2.91. The summed E-state index contributed by atoms with van der Waals surface area (Å²) in [4.78, 5) is 12.0. The SMILES string of the molecule is Cc1cc(OCC(=O)Nc2ccc(Cl)c(Cl)c2)c(Br)c(C)c1Cl. The average Bonchev–Trinajstić information content (AvgIpc) is 2.51. The van der Waals surface area contributed by atoms with E-state index in [9.17, 15) is 4.79 Å². The summed E-state index contributed by atoms with van der Waals surface area (Å²) >= 11 is 21.3. The zero-order valence-electron chi connectivity index (χ0n) is 12.3. The van der Waals surface area contributed by atoms with Crippen molar-refractivity contribution < 1.29 is 9.53 Å². The summed E-state index contributed by atoms with van der Waals surface area (Å²) in [7, 11) is 0. The van der Waals surface area contributed by atoms with E-state index in [1.54, 1.807) is 24.3 Å². The van der Waals surface area contributed by atoms with Gasteiger partial charge in [0, 0.05) is 10.7 Å². The van der Waals surface area contributed by atoms with Gasteiger partial charge in [-0.2, -0.15) is 0 Å². The Balaban J connectivity index is 2.03. The van der Waals surface area contributed by atoms with Crippen LogP contribution in [-0.4, -0.2) is 12.5 Å². The number of carbonyl (C=O) groups excluding carboxylic acids is 1. The third-order valence-corrected chi connectivity index (χ3v) is 5.44. The van der Waals surface area contributed by atoms with Crippen molar-refractivity contribution >= 4 is 62.3 Å². The lowest BCUT2D eigenvalue weighted by Crippen LogP contribution is -2.20. The van der Waals surface area contributed by atoms with Crippen LogP contribution in [0.2, 0.25) is 15.1 Å². The second kappa shape index (κ2) is 7.75. The number of aryl methyl sites for hydroxylation is 1. The number of halogens is 4. The van der Waals surface area contributed by atoms with Gasteiger partial charge in [0.1, 0.15) is 5.75 Å². The number of anilines is 1. The minimum atomic E-state index is -0.305. The van der Waals surface area contributed by atoms with E-state index in [4.69, 9.17) is 39.5 Å². The van der Waals surface area contributed by atoms with Crippen LogP contribution in [0, 0.1) is 13.8 Å². The van der Waals surface area contributed by atoms with Crippen LogP contribution < -0.4 is 10.1 Å². The molecule has 23 heavy (non-hydrogen) atoms. The van der Waals surface area contributed by atoms with Crippen molar-refractivity contribution in [3.05, 3.63) is 54.9 Å². The molecule has 0 aliphatic carbocycles. The Labute approximate surface area is 158 Å². The second-order valence-electron chi connectivity index (χ2n) is 4.91. The minimum absolute atomic E-state index is 0.140. The molecule has 0 radical (unpaired) electrons. The van der Waals surface area contributed by atoms with Gasteiger partial charge < -0.3 is 10.1 Å². The Hall–Kier alpha value is -0.940. The summed E-state index contributed by atoms with van der Waals surface area (Å²) < 4.78 is 6.30. The number of ether oxygens (including phenoxy) is 1. The summed E-state index contributed by atoms with van der Waals surface area (Å²) in [6.07, 6.45) is 0. The molecule has 0 aliphatic rings. The van der Waals surface area contributed by atoms with Gasteiger partial charge in [0.25, 0.3) is 5.91 Å². The van der Waals surface area contributed by atoms with Crippen LogP contribution in [-0.2, 0) is 4.79 Å². The van der Waals surface area contributed by atoms with Crippen LogP contribution >= 0.6 is 50.7 Å². The smallest absolute Gasteiger partial charge is 0.262 e. The Morgan fingerprint density at radius 2 is 1.87 bits per heavy atom. The maximum Gasteiger partial charge on any atom is 0.262 e. The number of rotatable bonds is 4. The van der Waals surface area contributed by atoms with Crippen molar-refractivity contribution in [1.29, 1.82) is 0 Å². The molecule has 0 atom stereocenters. The van der Waals surface area contributed by atoms with Crippen molar-refractivity contribution in [2.24, 2.45) is 0 Å². The van der Waals surface area contributed by atoms with Crippen LogP contribution in [0.1, 0.15) is 11.1 Å². The lowest BCUT2D eigenvalue weighted by molar-refractivity contribution is -0.118. The van der Waals surface area contributed by atoms with Gasteiger partial charge in [-0.1, -0.05) is 34.8 Å². The molecular formula is C16H13BrCl3NO2. The summed E-state index contributed by atoms with van der Waals surface area (Å²) in [5.74, 6) is 0.259. The van der Waals surface area contributed by atoms with E-state index in [0.29, 0.717) is 26.5 Å².